The smallest absolute Gasteiger partial charge is 0.326 e. The third-order valence-electron chi connectivity index (χ3n) is 6.64. The van der Waals surface area contributed by atoms with E-state index in [0.29, 0.717) is 24.8 Å². The first-order chi connectivity index (χ1) is 18.2. The summed E-state index contributed by atoms with van der Waals surface area (Å²) in [6.07, 6.45) is 0.357. The van der Waals surface area contributed by atoms with Gasteiger partial charge in [0.15, 0.2) is 5.78 Å². The van der Waals surface area contributed by atoms with Crippen LogP contribution in [-0.4, -0.2) is 46.0 Å². The van der Waals surface area contributed by atoms with Crippen molar-refractivity contribution in [2.45, 2.75) is 44.2 Å². The molecular weight excluding hydrogens is 533 g/mol. The predicted molar refractivity (Wildman–Crippen MR) is 142 cm³/mol. The van der Waals surface area contributed by atoms with Gasteiger partial charge in [0.05, 0.1) is 11.1 Å². The Bertz CT molecular complexity index is 1400. The van der Waals surface area contributed by atoms with Crippen LogP contribution in [0.15, 0.2) is 54.6 Å². The molecule has 1 amide bonds. The van der Waals surface area contributed by atoms with Crippen LogP contribution in [0.3, 0.4) is 0 Å². The number of carboxylic acids is 2. The molecule has 198 valence electrons. The van der Waals surface area contributed by atoms with Crippen LogP contribution in [0, 0.1) is 5.92 Å². The van der Waals surface area contributed by atoms with Crippen molar-refractivity contribution in [1.29, 1.82) is 0 Å². The number of ether oxygens (including phenoxy) is 1. The van der Waals surface area contributed by atoms with E-state index in [1.165, 1.54) is 0 Å². The number of hydrogen-bond donors (Lipinski definition) is 3. The molecule has 0 aromatic heterocycles. The van der Waals surface area contributed by atoms with Gasteiger partial charge in [-0.3, -0.25) is 14.4 Å². The zero-order valence-electron chi connectivity index (χ0n) is 20.2. The number of fused-ring (bicyclic) bond motifs is 1. The number of carbonyl (C=O) groups is 4. The maximum atomic E-state index is 13.3. The summed E-state index contributed by atoms with van der Waals surface area (Å²) in [4.78, 5) is 48.1. The Kier molecular flexibility index (Phi) is 8.54. The molecular formula is C28H25Cl2NO7. The lowest BCUT2D eigenvalue weighted by atomic mass is 9.97. The molecule has 8 nitrogen and oxygen atoms in total. The Hall–Kier alpha value is -3.62. The van der Waals surface area contributed by atoms with Gasteiger partial charge >= 0.3 is 11.9 Å². The summed E-state index contributed by atoms with van der Waals surface area (Å²) >= 11 is 13.0. The summed E-state index contributed by atoms with van der Waals surface area (Å²) in [7, 11) is 0. The van der Waals surface area contributed by atoms with Gasteiger partial charge in [-0.25, -0.2) is 4.79 Å². The number of amides is 1. The van der Waals surface area contributed by atoms with Crippen molar-refractivity contribution in [2.24, 2.45) is 5.92 Å². The zero-order valence-corrected chi connectivity index (χ0v) is 21.7. The van der Waals surface area contributed by atoms with Crippen LogP contribution in [0.5, 0.6) is 5.75 Å². The van der Waals surface area contributed by atoms with Gasteiger partial charge in [0, 0.05) is 23.5 Å². The second kappa shape index (κ2) is 11.8. The number of nitrogens with one attached hydrogen (secondary N) is 1. The summed E-state index contributed by atoms with van der Waals surface area (Å²) in [5.74, 6) is -3.37. The van der Waals surface area contributed by atoms with Gasteiger partial charge in [-0.2, -0.15) is 0 Å². The maximum absolute atomic E-state index is 13.3. The Balaban J connectivity index is 1.43. The molecule has 1 aliphatic rings. The minimum Gasteiger partial charge on any atom is -0.489 e. The van der Waals surface area contributed by atoms with Crippen molar-refractivity contribution in [1.82, 2.24) is 5.32 Å². The SMILES string of the molecule is O=C(O)CCC(NC(=O)[C@H]1CC[C@H](Oc2ccc(C(=O)c3cccc4ccccc34)c(Cl)c2Cl)C1)C(=O)O. The van der Waals surface area contributed by atoms with Gasteiger partial charge in [0.1, 0.15) is 16.8 Å². The molecule has 0 aliphatic heterocycles. The molecule has 1 saturated carbocycles. The van der Waals surface area contributed by atoms with Crippen LogP contribution in [0.25, 0.3) is 10.8 Å². The number of ketones is 1. The van der Waals surface area contributed by atoms with E-state index in [1.54, 1.807) is 24.3 Å². The van der Waals surface area contributed by atoms with Gasteiger partial charge in [0.2, 0.25) is 5.91 Å². The molecule has 1 fully saturated rings. The van der Waals surface area contributed by atoms with Crippen molar-refractivity contribution in [3.63, 3.8) is 0 Å². The molecule has 38 heavy (non-hydrogen) atoms. The number of halogens is 2. The average molecular weight is 558 g/mol. The maximum Gasteiger partial charge on any atom is 0.326 e. The van der Waals surface area contributed by atoms with Crippen LogP contribution in [0.2, 0.25) is 10.0 Å². The van der Waals surface area contributed by atoms with Crippen LogP contribution < -0.4 is 10.1 Å². The minimum atomic E-state index is -1.29. The van der Waals surface area contributed by atoms with Gasteiger partial charge < -0.3 is 20.3 Å². The fourth-order valence-electron chi connectivity index (χ4n) is 4.65. The van der Waals surface area contributed by atoms with Gasteiger partial charge in [-0.1, -0.05) is 65.7 Å². The lowest BCUT2D eigenvalue weighted by Gasteiger charge is -2.18. The minimum absolute atomic E-state index is 0.0668. The number of carboxylic acid groups (broad SMARTS) is 2. The molecule has 0 radical (unpaired) electrons. The van der Waals surface area contributed by atoms with Crippen LogP contribution in [0.1, 0.15) is 48.0 Å². The molecule has 0 bridgehead atoms. The molecule has 3 N–H and O–H groups in total. The molecule has 0 spiro atoms. The van der Waals surface area contributed by atoms with E-state index in [0.717, 1.165) is 10.8 Å². The third kappa shape index (κ3) is 6.09. The lowest BCUT2D eigenvalue weighted by Crippen LogP contribution is -2.43. The zero-order chi connectivity index (χ0) is 27.4. The topological polar surface area (TPSA) is 130 Å². The Morgan fingerprint density at radius 2 is 1.66 bits per heavy atom. The molecule has 0 saturated heterocycles. The Labute approximate surface area is 228 Å². The van der Waals surface area contributed by atoms with E-state index in [4.69, 9.17) is 33.0 Å². The monoisotopic (exact) mass is 557 g/mol. The van der Waals surface area contributed by atoms with Crippen molar-refractivity contribution in [2.75, 3.05) is 0 Å². The van der Waals surface area contributed by atoms with Crippen molar-refractivity contribution in [3.05, 3.63) is 75.8 Å². The highest BCUT2D eigenvalue weighted by Crippen LogP contribution is 2.39. The number of carbonyl (C=O) groups excluding carboxylic acids is 2. The Morgan fingerprint density at radius 1 is 0.921 bits per heavy atom. The van der Waals surface area contributed by atoms with Crippen LogP contribution in [-0.2, 0) is 14.4 Å². The van der Waals surface area contributed by atoms with Crippen molar-refractivity contribution in [3.8, 4) is 5.75 Å². The fraction of sp³-hybridized carbons (Fsp3) is 0.286. The molecule has 4 rings (SSSR count). The van der Waals surface area contributed by atoms with Crippen molar-refractivity contribution >= 4 is 57.6 Å². The first-order valence-electron chi connectivity index (χ1n) is 12.1. The van der Waals surface area contributed by atoms with Crippen molar-refractivity contribution < 1.29 is 34.1 Å². The summed E-state index contributed by atoms with van der Waals surface area (Å²) in [6, 6.07) is 14.9. The molecule has 3 aromatic rings. The predicted octanol–water partition coefficient (Wildman–Crippen LogP) is 5.36. The third-order valence-corrected chi connectivity index (χ3v) is 7.50. The lowest BCUT2D eigenvalue weighted by molar-refractivity contribution is -0.143. The van der Waals surface area contributed by atoms with E-state index >= 15 is 0 Å². The van der Waals surface area contributed by atoms with E-state index < -0.39 is 29.8 Å². The summed E-state index contributed by atoms with van der Waals surface area (Å²) in [5, 5.41) is 22.4. The molecule has 3 atom stereocenters. The number of benzene rings is 3. The standard InChI is InChI=1S/C28H25Cl2NO7/c29-24-20(26(34)19-7-3-5-15-4-1-2-6-18(15)19)10-12-22(25(24)30)38-17-9-8-16(14-17)27(35)31-21(28(36)37)11-13-23(32)33/h1-7,10,12,16-17,21H,8-9,11,13-14H2,(H,31,35)(H,32,33)(H,36,37)/t16-,17-,21?/m0/s1. The van der Waals surface area contributed by atoms with E-state index in [-0.39, 0.29) is 46.1 Å². The van der Waals surface area contributed by atoms with Crippen LogP contribution >= 0.6 is 23.2 Å². The molecule has 1 unspecified atom stereocenters. The molecule has 3 aromatic carbocycles. The van der Waals surface area contributed by atoms with Gasteiger partial charge in [-0.05, 0) is 48.6 Å². The molecule has 1 aliphatic carbocycles. The van der Waals surface area contributed by atoms with Gasteiger partial charge in [-0.15, -0.1) is 0 Å². The summed E-state index contributed by atoms with van der Waals surface area (Å²) in [6.45, 7) is 0. The fourth-order valence-corrected chi connectivity index (χ4v) is 5.10. The normalized spacial score (nSPS) is 17.6. The highest BCUT2D eigenvalue weighted by atomic mass is 35.5. The number of rotatable bonds is 10. The largest absolute Gasteiger partial charge is 0.489 e. The second-order valence-corrected chi connectivity index (χ2v) is 9.93. The second-order valence-electron chi connectivity index (χ2n) is 9.18. The quantitative estimate of drug-likeness (QED) is 0.286. The highest BCUT2D eigenvalue weighted by molar-refractivity contribution is 6.45. The summed E-state index contributed by atoms with van der Waals surface area (Å²) in [5.41, 5.74) is 0.743. The average Bonchev–Trinajstić information content (AvgIpc) is 3.37. The number of aliphatic carboxylic acids is 2. The summed E-state index contributed by atoms with van der Waals surface area (Å²) < 4.78 is 6.01. The highest BCUT2D eigenvalue weighted by Gasteiger charge is 2.34. The Morgan fingerprint density at radius 3 is 2.39 bits per heavy atom. The molecule has 0 heterocycles. The van der Waals surface area contributed by atoms with E-state index in [1.807, 2.05) is 30.3 Å². The van der Waals surface area contributed by atoms with E-state index in [2.05, 4.69) is 5.32 Å². The van der Waals surface area contributed by atoms with E-state index in [9.17, 15) is 24.3 Å². The first-order valence-corrected chi connectivity index (χ1v) is 12.8. The van der Waals surface area contributed by atoms with Crippen LogP contribution in [0.4, 0.5) is 0 Å². The molecule has 10 heteroatoms. The first kappa shape index (κ1) is 27.4. The van der Waals surface area contributed by atoms with Gasteiger partial charge in [0.25, 0.3) is 0 Å². The number of hydrogen-bond acceptors (Lipinski definition) is 5.